The van der Waals surface area contributed by atoms with Crippen LogP contribution in [0.1, 0.15) is 71.5 Å². The van der Waals surface area contributed by atoms with Gasteiger partial charge in [-0.15, -0.1) is 0 Å². The zero-order chi connectivity index (χ0) is 23.5. The maximum atomic E-state index is 13.5. The molecule has 1 aliphatic carbocycles. The summed E-state index contributed by atoms with van der Waals surface area (Å²) in [6.07, 6.45) is 1.14. The summed E-state index contributed by atoms with van der Waals surface area (Å²) in [6.45, 7) is 5.55. The normalized spacial score (nSPS) is 20.4. The van der Waals surface area contributed by atoms with Crippen LogP contribution in [0.4, 0.5) is 4.79 Å². The van der Waals surface area contributed by atoms with Crippen LogP contribution in [0.2, 0.25) is 0 Å². The molecule has 3 amide bonds. The Bertz CT molecular complexity index is 1160. The van der Waals surface area contributed by atoms with E-state index >= 15 is 0 Å². The molecular weight excluding hydrogens is 424 g/mol. The van der Waals surface area contributed by atoms with E-state index in [1.807, 2.05) is 12.1 Å². The van der Waals surface area contributed by atoms with Crippen LogP contribution in [0.25, 0.3) is 0 Å². The molecule has 2 aliphatic heterocycles. The van der Waals surface area contributed by atoms with Gasteiger partial charge in [-0.25, -0.2) is 9.59 Å². The molecule has 33 heavy (non-hydrogen) atoms. The predicted molar refractivity (Wildman–Crippen MR) is 116 cm³/mol. The number of amides is 3. The van der Waals surface area contributed by atoms with E-state index in [2.05, 4.69) is 0 Å². The van der Waals surface area contributed by atoms with Gasteiger partial charge in [-0.3, -0.25) is 14.5 Å². The number of carbonyl (C=O) groups excluding carboxylic acids is 4. The van der Waals surface area contributed by atoms with Crippen molar-refractivity contribution >= 4 is 23.9 Å². The van der Waals surface area contributed by atoms with Crippen molar-refractivity contribution in [2.45, 2.75) is 50.7 Å². The molecule has 0 bridgehead atoms. The molecule has 1 atom stereocenters. The van der Waals surface area contributed by atoms with Gasteiger partial charge in [-0.2, -0.15) is 0 Å². The number of benzene rings is 2. The molecule has 2 heterocycles. The first-order valence-corrected chi connectivity index (χ1v) is 10.9. The number of nitrogens with zero attached hydrogens (tertiary/aromatic N) is 2. The molecule has 8 nitrogen and oxygen atoms in total. The third kappa shape index (κ3) is 3.46. The van der Waals surface area contributed by atoms with Crippen molar-refractivity contribution < 1.29 is 28.8 Å². The number of imide groups is 1. The van der Waals surface area contributed by atoms with Gasteiger partial charge in [0.25, 0.3) is 11.8 Å². The average Bonchev–Trinajstić information content (AvgIpc) is 3.50. The van der Waals surface area contributed by atoms with Gasteiger partial charge in [0, 0.05) is 12.0 Å². The molecule has 5 rings (SSSR count). The van der Waals surface area contributed by atoms with Crippen molar-refractivity contribution in [3.8, 4) is 0 Å². The fraction of sp³-hybridized carbons (Fsp3) is 0.360. The van der Waals surface area contributed by atoms with Crippen molar-refractivity contribution in [3.63, 3.8) is 0 Å². The Kier molecular flexibility index (Phi) is 4.60. The van der Waals surface area contributed by atoms with E-state index in [1.54, 1.807) is 45.0 Å². The van der Waals surface area contributed by atoms with Crippen molar-refractivity contribution in [1.29, 1.82) is 0 Å². The SMILES string of the molecule is CC(C)(C)OC(=O)N1CC2(CC2)c2ccccc2C1C(=O)ON1C(=O)c2ccccc2C1=O. The molecule has 1 saturated carbocycles. The summed E-state index contributed by atoms with van der Waals surface area (Å²) in [5.74, 6) is -2.32. The summed E-state index contributed by atoms with van der Waals surface area (Å²) in [6, 6.07) is 12.5. The lowest BCUT2D eigenvalue weighted by atomic mass is 9.83. The van der Waals surface area contributed by atoms with Crippen molar-refractivity contribution in [2.24, 2.45) is 0 Å². The maximum absolute atomic E-state index is 13.5. The second-order valence-corrected chi connectivity index (χ2v) is 9.74. The Balaban J connectivity index is 1.50. The van der Waals surface area contributed by atoms with Crippen LogP contribution >= 0.6 is 0 Å². The first-order valence-electron chi connectivity index (χ1n) is 10.9. The summed E-state index contributed by atoms with van der Waals surface area (Å²) in [4.78, 5) is 58.7. The van der Waals surface area contributed by atoms with E-state index in [0.29, 0.717) is 17.2 Å². The van der Waals surface area contributed by atoms with E-state index in [4.69, 9.17) is 9.57 Å². The number of hydrogen-bond acceptors (Lipinski definition) is 6. The van der Waals surface area contributed by atoms with Crippen LogP contribution in [0, 0.1) is 0 Å². The lowest BCUT2D eigenvalue weighted by molar-refractivity contribution is -0.175. The highest BCUT2D eigenvalue weighted by Crippen LogP contribution is 2.55. The van der Waals surface area contributed by atoms with Gasteiger partial charge in [0.1, 0.15) is 5.60 Å². The number of hydrogen-bond donors (Lipinski definition) is 0. The maximum Gasteiger partial charge on any atom is 0.411 e. The van der Waals surface area contributed by atoms with Gasteiger partial charge in [0.05, 0.1) is 11.1 Å². The fourth-order valence-corrected chi connectivity index (χ4v) is 4.60. The number of hydroxylamine groups is 2. The summed E-state index contributed by atoms with van der Waals surface area (Å²) < 4.78 is 5.59. The van der Waals surface area contributed by atoms with E-state index in [-0.39, 0.29) is 16.5 Å². The molecular formula is C25H24N2O6. The number of carbonyl (C=O) groups is 4. The van der Waals surface area contributed by atoms with Gasteiger partial charge >= 0.3 is 12.1 Å². The minimum absolute atomic E-state index is 0.167. The van der Waals surface area contributed by atoms with Crippen LogP contribution in [0.15, 0.2) is 48.5 Å². The zero-order valence-electron chi connectivity index (χ0n) is 18.7. The van der Waals surface area contributed by atoms with Crippen LogP contribution in [-0.4, -0.2) is 46.0 Å². The Morgan fingerprint density at radius 3 is 2.09 bits per heavy atom. The van der Waals surface area contributed by atoms with E-state index in [0.717, 1.165) is 18.4 Å². The van der Waals surface area contributed by atoms with Crippen LogP contribution < -0.4 is 0 Å². The van der Waals surface area contributed by atoms with Crippen molar-refractivity contribution in [3.05, 3.63) is 70.8 Å². The lowest BCUT2D eigenvalue weighted by Gasteiger charge is -2.40. The number of fused-ring (bicyclic) bond motifs is 3. The highest BCUT2D eigenvalue weighted by molar-refractivity contribution is 6.21. The molecule has 8 heteroatoms. The summed E-state index contributed by atoms with van der Waals surface area (Å²) in [5, 5.41) is 0.477. The molecule has 2 aromatic carbocycles. The standard InChI is InChI=1S/C25H24N2O6/c1-24(2,3)32-23(31)26-14-25(12-13-25)18-11-7-6-10-17(18)19(26)22(30)33-27-20(28)15-8-4-5-9-16(15)21(27)29/h4-11,19H,12-14H2,1-3H3. The van der Waals surface area contributed by atoms with E-state index in [9.17, 15) is 19.2 Å². The van der Waals surface area contributed by atoms with Crippen LogP contribution in [0.3, 0.4) is 0 Å². The van der Waals surface area contributed by atoms with Gasteiger partial charge < -0.3 is 9.57 Å². The molecule has 170 valence electrons. The Hall–Kier alpha value is -3.68. The first kappa shape index (κ1) is 21.2. The Labute approximate surface area is 191 Å². The minimum atomic E-state index is -1.15. The van der Waals surface area contributed by atoms with Crippen LogP contribution in [-0.2, 0) is 19.8 Å². The predicted octanol–water partition coefficient (Wildman–Crippen LogP) is 3.76. The molecule has 2 aromatic rings. The third-order valence-electron chi connectivity index (χ3n) is 6.25. The highest BCUT2D eigenvalue weighted by Gasteiger charge is 2.55. The summed E-state index contributed by atoms with van der Waals surface area (Å²) in [7, 11) is 0. The molecule has 0 saturated heterocycles. The van der Waals surface area contributed by atoms with E-state index < -0.39 is 35.5 Å². The second kappa shape index (κ2) is 7.16. The largest absolute Gasteiger partial charge is 0.444 e. The van der Waals surface area contributed by atoms with Crippen molar-refractivity contribution in [2.75, 3.05) is 6.54 Å². The van der Waals surface area contributed by atoms with Crippen LogP contribution in [0.5, 0.6) is 0 Å². The van der Waals surface area contributed by atoms with Gasteiger partial charge in [-0.05, 0) is 56.9 Å². The second-order valence-electron chi connectivity index (χ2n) is 9.74. The number of rotatable bonds is 2. The Morgan fingerprint density at radius 2 is 1.52 bits per heavy atom. The molecule has 1 unspecified atom stereocenters. The summed E-state index contributed by atoms with van der Waals surface area (Å²) in [5.41, 5.74) is 0.949. The van der Waals surface area contributed by atoms with E-state index in [1.165, 1.54) is 17.0 Å². The fourth-order valence-electron chi connectivity index (χ4n) is 4.60. The van der Waals surface area contributed by atoms with Gasteiger partial charge in [-0.1, -0.05) is 41.5 Å². The van der Waals surface area contributed by atoms with Gasteiger partial charge in [0.2, 0.25) is 0 Å². The van der Waals surface area contributed by atoms with Crippen molar-refractivity contribution in [1.82, 2.24) is 9.96 Å². The lowest BCUT2D eigenvalue weighted by Crippen LogP contribution is -2.50. The van der Waals surface area contributed by atoms with Gasteiger partial charge in [0.15, 0.2) is 6.04 Å². The smallest absolute Gasteiger partial charge is 0.411 e. The molecule has 0 N–H and O–H groups in total. The first-order chi connectivity index (χ1) is 15.6. The molecule has 1 fully saturated rings. The summed E-state index contributed by atoms with van der Waals surface area (Å²) >= 11 is 0. The monoisotopic (exact) mass is 448 g/mol. The molecule has 0 radical (unpaired) electrons. The zero-order valence-corrected chi connectivity index (χ0v) is 18.7. The molecule has 3 aliphatic rings. The average molecular weight is 448 g/mol. The molecule has 0 aromatic heterocycles. The number of ether oxygens (including phenoxy) is 1. The third-order valence-corrected chi connectivity index (χ3v) is 6.25. The quantitative estimate of drug-likeness (QED) is 0.650. The molecule has 1 spiro atoms. The topological polar surface area (TPSA) is 93.2 Å². The Morgan fingerprint density at radius 1 is 0.939 bits per heavy atom. The highest BCUT2D eigenvalue weighted by atomic mass is 16.7. The minimum Gasteiger partial charge on any atom is -0.444 e.